The molecule has 2 aliphatic heterocycles. The topological polar surface area (TPSA) is 94.2 Å². The Labute approximate surface area is 214 Å². The van der Waals surface area contributed by atoms with Crippen LogP contribution in [-0.2, 0) is 9.53 Å². The first kappa shape index (κ1) is 27.5. The van der Waals surface area contributed by atoms with E-state index in [2.05, 4.69) is 29.4 Å². The molecule has 2 N–H and O–H groups in total. The molecule has 9 nitrogen and oxygen atoms in total. The molecule has 2 heterocycles. The number of carbonyl (C=O) groups excluding carboxylic acids is 3. The third kappa shape index (κ3) is 6.37. The molecule has 0 aromatic heterocycles. The first-order valence-electron chi connectivity index (χ1n) is 13.1. The number of rotatable bonds is 9. The van der Waals surface area contributed by atoms with Crippen molar-refractivity contribution >= 4 is 18.0 Å². The van der Waals surface area contributed by atoms with Gasteiger partial charge in [0.05, 0.1) is 18.2 Å². The van der Waals surface area contributed by atoms with Gasteiger partial charge in [-0.25, -0.2) is 14.4 Å². The van der Waals surface area contributed by atoms with Crippen molar-refractivity contribution in [1.82, 2.24) is 25.3 Å². The molecule has 1 atom stereocenters. The number of amides is 4. The van der Waals surface area contributed by atoms with Gasteiger partial charge in [-0.2, -0.15) is 0 Å². The highest BCUT2D eigenvalue weighted by Gasteiger charge is 2.38. The van der Waals surface area contributed by atoms with Gasteiger partial charge in [-0.3, -0.25) is 9.80 Å². The Bertz CT molecular complexity index is 951. The van der Waals surface area contributed by atoms with Gasteiger partial charge in [0.2, 0.25) is 0 Å². The van der Waals surface area contributed by atoms with E-state index in [0.29, 0.717) is 63.0 Å². The smallest absolute Gasteiger partial charge is 0.338 e. The molecule has 0 bridgehead atoms. The highest BCUT2D eigenvalue weighted by Crippen LogP contribution is 2.33. The molecule has 1 aromatic rings. The van der Waals surface area contributed by atoms with Gasteiger partial charge in [0.25, 0.3) is 0 Å². The zero-order valence-electron chi connectivity index (χ0n) is 22.3. The predicted octanol–water partition coefficient (Wildman–Crippen LogP) is 3.45. The number of esters is 1. The van der Waals surface area contributed by atoms with Gasteiger partial charge in [-0.1, -0.05) is 45.0 Å². The lowest BCUT2D eigenvalue weighted by Crippen LogP contribution is -2.55. The predicted molar refractivity (Wildman–Crippen MR) is 140 cm³/mol. The Kier molecular flexibility index (Phi) is 9.75. The van der Waals surface area contributed by atoms with Gasteiger partial charge in [0.15, 0.2) is 0 Å². The van der Waals surface area contributed by atoms with Gasteiger partial charge in [-0.05, 0) is 37.3 Å². The average molecular weight is 500 g/mol. The minimum Gasteiger partial charge on any atom is -0.463 e. The monoisotopic (exact) mass is 499 g/mol. The molecule has 36 heavy (non-hydrogen) atoms. The SMILES string of the molecule is CCCNC(=O)N1CCN(CC2=C(C(=O)OCC)[C@H](c3ccc(C(C)C)cc3)NC(=O)N2CC)CC1. The lowest BCUT2D eigenvalue weighted by Gasteiger charge is -2.40. The van der Waals surface area contributed by atoms with Crippen LogP contribution in [0.3, 0.4) is 0 Å². The second-order valence-electron chi connectivity index (χ2n) is 9.52. The summed E-state index contributed by atoms with van der Waals surface area (Å²) in [5, 5.41) is 5.96. The van der Waals surface area contributed by atoms with Crippen molar-refractivity contribution in [3.05, 3.63) is 46.7 Å². The fraction of sp³-hybridized carbons (Fsp3) is 0.593. The Morgan fingerprint density at radius 3 is 2.31 bits per heavy atom. The Morgan fingerprint density at radius 1 is 1.08 bits per heavy atom. The third-order valence-electron chi connectivity index (χ3n) is 6.75. The Balaban J connectivity index is 1.90. The largest absolute Gasteiger partial charge is 0.463 e. The number of urea groups is 2. The lowest BCUT2D eigenvalue weighted by molar-refractivity contribution is -0.139. The second kappa shape index (κ2) is 12.8. The van der Waals surface area contributed by atoms with Gasteiger partial charge < -0.3 is 20.3 Å². The summed E-state index contributed by atoms with van der Waals surface area (Å²) in [5.74, 6) is -0.0320. The lowest BCUT2D eigenvalue weighted by atomic mass is 9.92. The summed E-state index contributed by atoms with van der Waals surface area (Å²) in [6.45, 7) is 14.3. The van der Waals surface area contributed by atoms with Crippen LogP contribution >= 0.6 is 0 Å². The number of ether oxygens (including phenoxy) is 1. The van der Waals surface area contributed by atoms with Crippen LogP contribution in [0.2, 0.25) is 0 Å². The highest BCUT2D eigenvalue weighted by molar-refractivity contribution is 5.95. The Hall–Kier alpha value is -3.07. The second-order valence-corrected chi connectivity index (χ2v) is 9.52. The first-order valence-corrected chi connectivity index (χ1v) is 13.1. The van der Waals surface area contributed by atoms with Crippen molar-refractivity contribution in [3.8, 4) is 0 Å². The van der Waals surface area contributed by atoms with Crippen LogP contribution in [0.15, 0.2) is 35.5 Å². The zero-order chi connectivity index (χ0) is 26.2. The molecule has 1 aromatic carbocycles. The van der Waals surface area contributed by atoms with E-state index in [0.717, 1.165) is 12.0 Å². The van der Waals surface area contributed by atoms with Crippen LogP contribution in [0, 0.1) is 0 Å². The normalized spacial score (nSPS) is 18.9. The molecular formula is C27H41N5O4. The van der Waals surface area contributed by atoms with Crippen LogP contribution in [0.25, 0.3) is 0 Å². The van der Waals surface area contributed by atoms with Crippen LogP contribution in [0.4, 0.5) is 9.59 Å². The zero-order valence-corrected chi connectivity index (χ0v) is 22.3. The summed E-state index contributed by atoms with van der Waals surface area (Å²) >= 11 is 0. The molecule has 4 amide bonds. The number of piperazine rings is 1. The van der Waals surface area contributed by atoms with Crippen LogP contribution in [0.5, 0.6) is 0 Å². The molecule has 3 rings (SSSR count). The highest BCUT2D eigenvalue weighted by atomic mass is 16.5. The number of nitrogens with zero attached hydrogens (tertiary/aromatic N) is 3. The van der Waals surface area contributed by atoms with Crippen molar-refractivity contribution in [3.63, 3.8) is 0 Å². The molecule has 0 saturated carbocycles. The summed E-state index contributed by atoms with van der Waals surface area (Å²) in [4.78, 5) is 44.4. The summed E-state index contributed by atoms with van der Waals surface area (Å²) < 4.78 is 5.47. The number of nitrogens with one attached hydrogen (secondary N) is 2. The number of carbonyl (C=O) groups is 3. The van der Waals surface area contributed by atoms with E-state index >= 15 is 0 Å². The van der Waals surface area contributed by atoms with Crippen LogP contribution < -0.4 is 10.6 Å². The molecule has 1 fully saturated rings. The standard InChI is InChI=1S/C27H41N5O4/c1-6-13-28-26(34)31-16-14-30(15-17-31)18-22-23(25(33)36-8-3)24(29-27(35)32(22)7-2)21-11-9-20(10-12-21)19(4)5/h9-12,19,24H,6-8,13-18H2,1-5H3,(H,28,34)(H,29,35)/t24-/m0/s1. The summed E-state index contributed by atoms with van der Waals surface area (Å²) in [6.07, 6.45) is 0.896. The molecule has 2 aliphatic rings. The van der Waals surface area contributed by atoms with E-state index < -0.39 is 12.0 Å². The maximum absolute atomic E-state index is 13.3. The molecule has 198 valence electrons. The van der Waals surface area contributed by atoms with Crippen molar-refractivity contribution in [2.75, 3.05) is 52.4 Å². The van der Waals surface area contributed by atoms with Crippen molar-refractivity contribution in [2.24, 2.45) is 0 Å². The summed E-state index contributed by atoms with van der Waals surface area (Å²) in [5.41, 5.74) is 3.18. The van der Waals surface area contributed by atoms with Gasteiger partial charge in [0, 0.05) is 51.5 Å². The fourth-order valence-electron chi connectivity index (χ4n) is 4.65. The molecule has 0 unspecified atom stereocenters. The molecule has 9 heteroatoms. The van der Waals surface area contributed by atoms with E-state index in [9.17, 15) is 14.4 Å². The third-order valence-corrected chi connectivity index (χ3v) is 6.75. The number of likely N-dealkylation sites (N-methyl/N-ethyl adjacent to an activating group) is 1. The molecule has 1 saturated heterocycles. The molecule has 0 spiro atoms. The van der Waals surface area contributed by atoms with E-state index in [4.69, 9.17) is 4.74 Å². The maximum Gasteiger partial charge on any atom is 0.338 e. The van der Waals surface area contributed by atoms with Crippen LogP contribution in [-0.4, -0.2) is 85.2 Å². The van der Waals surface area contributed by atoms with E-state index in [1.165, 1.54) is 5.56 Å². The Morgan fingerprint density at radius 2 is 1.75 bits per heavy atom. The quantitative estimate of drug-likeness (QED) is 0.508. The average Bonchev–Trinajstić information content (AvgIpc) is 2.87. The number of hydrogen-bond acceptors (Lipinski definition) is 5. The van der Waals surface area contributed by atoms with Crippen molar-refractivity contribution in [2.45, 2.75) is 53.0 Å². The van der Waals surface area contributed by atoms with E-state index in [1.807, 2.05) is 43.0 Å². The molecule has 0 radical (unpaired) electrons. The molecular weight excluding hydrogens is 458 g/mol. The molecule has 0 aliphatic carbocycles. The van der Waals surface area contributed by atoms with Gasteiger partial charge in [0.1, 0.15) is 0 Å². The summed E-state index contributed by atoms with van der Waals surface area (Å²) in [7, 11) is 0. The fourth-order valence-corrected chi connectivity index (χ4v) is 4.65. The van der Waals surface area contributed by atoms with E-state index in [-0.39, 0.29) is 18.7 Å². The minimum atomic E-state index is -0.586. The number of benzene rings is 1. The van der Waals surface area contributed by atoms with Crippen LogP contribution in [0.1, 0.15) is 64.1 Å². The first-order chi connectivity index (χ1) is 17.3. The van der Waals surface area contributed by atoms with Gasteiger partial charge in [-0.15, -0.1) is 0 Å². The summed E-state index contributed by atoms with van der Waals surface area (Å²) in [6, 6.07) is 7.19. The van der Waals surface area contributed by atoms with Gasteiger partial charge >= 0.3 is 18.0 Å². The van der Waals surface area contributed by atoms with Crippen molar-refractivity contribution in [1.29, 1.82) is 0 Å². The van der Waals surface area contributed by atoms with E-state index in [1.54, 1.807) is 11.8 Å². The maximum atomic E-state index is 13.3. The minimum absolute atomic E-state index is 0.0416. The number of hydrogen-bond donors (Lipinski definition) is 2. The van der Waals surface area contributed by atoms with Crippen molar-refractivity contribution < 1.29 is 19.1 Å².